The zero-order valence-corrected chi connectivity index (χ0v) is 15.8. The molecule has 3 aliphatic rings. The van der Waals surface area contributed by atoms with E-state index in [1.807, 2.05) is 6.92 Å². The van der Waals surface area contributed by atoms with Crippen LogP contribution in [0.15, 0.2) is 0 Å². The summed E-state index contributed by atoms with van der Waals surface area (Å²) < 4.78 is 34.9. The fourth-order valence-corrected chi connectivity index (χ4v) is 6.36. The average molecular weight is 361 g/mol. The van der Waals surface area contributed by atoms with Crippen molar-refractivity contribution in [2.75, 3.05) is 26.7 Å². The molecule has 1 heterocycles. The van der Waals surface area contributed by atoms with E-state index in [1.165, 1.54) is 6.42 Å². The summed E-state index contributed by atoms with van der Waals surface area (Å²) in [5, 5.41) is 10.3. The molecule has 0 amide bonds. The van der Waals surface area contributed by atoms with Gasteiger partial charge in [0.25, 0.3) is 10.2 Å². The number of hydrogen-bond acceptors (Lipinski definition) is 4. The molecular weight excluding hydrogens is 328 g/mol. The molecule has 1 aliphatic heterocycles. The van der Waals surface area contributed by atoms with E-state index >= 15 is 0 Å². The molecule has 2 saturated carbocycles. The van der Waals surface area contributed by atoms with Crippen molar-refractivity contribution in [1.82, 2.24) is 8.61 Å². The molecule has 3 rings (SSSR count). The largest absolute Gasteiger partial charge is 0.392 e. The van der Waals surface area contributed by atoms with Crippen LogP contribution in [0.1, 0.15) is 58.3 Å². The van der Waals surface area contributed by atoms with Gasteiger partial charge in [-0.05, 0) is 32.6 Å². The Hall–Kier alpha value is -0.210. The van der Waals surface area contributed by atoms with Gasteiger partial charge >= 0.3 is 0 Å². The summed E-state index contributed by atoms with van der Waals surface area (Å²) in [6.07, 6.45) is 7.19. The maximum absolute atomic E-state index is 12.9. The highest BCUT2D eigenvalue weighted by molar-refractivity contribution is 7.86. The Morgan fingerprint density at radius 3 is 2.38 bits per heavy atom. The number of rotatable bonds is 5. The summed E-state index contributed by atoms with van der Waals surface area (Å²) in [7, 11) is -1.67. The molecule has 0 unspecified atom stereocenters. The van der Waals surface area contributed by atoms with Gasteiger partial charge < -0.3 is 9.84 Å². The van der Waals surface area contributed by atoms with Crippen molar-refractivity contribution in [2.45, 2.75) is 76.5 Å². The molecule has 0 radical (unpaired) electrons. The summed E-state index contributed by atoms with van der Waals surface area (Å²) in [4.78, 5) is 0. The van der Waals surface area contributed by atoms with Crippen LogP contribution >= 0.6 is 0 Å². The first kappa shape index (κ1) is 18.6. The van der Waals surface area contributed by atoms with Gasteiger partial charge in [-0.1, -0.05) is 19.3 Å². The standard InChI is InChI=1S/C17H32N2O4S/c1-3-23-16-13-15(20)17(16)9-11-19(12-10-17)24(21,22)18(2)14-7-5-4-6-8-14/h14-16,20H,3-13H2,1-2H3/t15-,16+/m0/s1. The van der Waals surface area contributed by atoms with Crippen molar-refractivity contribution in [1.29, 1.82) is 0 Å². The van der Waals surface area contributed by atoms with Gasteiger partial charge in [-0.25, -0.2) is 0 Å². The first-order valence-corrected chi connectivity index (χ1v) is 10.8. The van der Waals surface area contributed by atoms with Gasteiger partial charge in [-0.15, -0.1) is 0 Å². The van der Waals surface area contributed by atoms with E-state index in [9.17, 15) is 13.5 Å². The highest BCUT2D eigenvalue weighted by atomic mass is 32.2. The van der Waals surface area contributed by atoms with Gasteiger partial charge in [0.05, 0.1) is 12.2 Å². The number of ether oxygens (including phenoxy) is 1. The molecule has 1 saturated heterocycles. The molecule has 0 aromatic heterocycles. The van der Waals surface area contributed by atoms with Crippen LogP contribution in [0.2, 0.25) is 0 Å². The van der Waals surface area contributed by atoms with Crippen LogP contribution in [0.4, 0.5) is 0 Å². The molecule has 0 aromatic carbocycles. The highest BCUT2D eigenvalue weighted by Crippen LogP contribution is 2.51. The van der Waals surface area contributed by atoms with E-state index < -0.39 is 10.2 Å². The van der Waals surface area contributed by atoms with Crippen LogP contribution in [0.3, 0.4) is 0 Å². The van der Waals surface area contributed by atoms with Crippen molar-refractivity contribution >= 4 is 10.2 Å². The second-order valence-corrected chi connectivity index (χ2v) is 9.63. The number of aliphatic hydroxyl groups excluding tert-OH is 1. The lowest BCUT2D eigenvalue weighted by Gasteiger charge is -2.56. The lowest BCUT2D eigenvalue weighted by molar-refractivity contribution is -0.206. The molecule has 140 valence electrons. The Balaban J connectivity index is 1.63. The van der Waals surface area contributed by atoms with E-state index in [0.717, 1.165) is 25.7 Å². The van der Waals surface area contributed by atoms with Gasteiger partial charge in [0.1, 0.15) is 0 Å². The number of hydrogen-bond donors (Lipinski definition) is 1. The Kier molecular flexibility index (Phi) is 5.57. The molecule has 1 N–H and O–H groups in total. The predicted molar refractivity (Wildman–Crippen MR) is 92.8 cm³/mol. The Bertz CT molecular complexity index is 523. The smallest absolute Gasteiger partial charge is 0.281 e. The van der Waals surface area contributed by atoms with Gasteiger partial charge in [0.15, 0.2) is 0 Å². The summed E-state index contributed by atoms with van der Waals surface area (Å²) in [5.74, 6) is 0. The predicted octanol–water partition coefficient (Wildman–Crippen LogP) is 1.75. The van der Waals surface area contributed by atoms with E-state index in [0.29, 0.717) is 39.0 Å². The lowest BCUT2D eigenvalue weighted by Crippen LogP contribution is -2.63. The maximum atomic E-state index is 12.9. The van der Waals surface area contributed by atoms with Crippen molar-refractivity contribution < 1.29 is 18.3 Å². The zero-order chi connectivity index (χ0) is 17.4. The van der Waals surface area contributed by atoms with E-state index in [4.69, 9.17) is 4.74 Å². The fraction of sp³-hybridized carbons (Fsp3) is 1.00. The van der Waals surface area contributed by atoms with Gasteiger partial charge in [-0.2, -0.15) is 17.0 Å². The minimum Gasteiger partial charge on any atom is -0.392 e. The number of piperidine rings is 1. The van der Waals surface area contributed by atoms with E-state index in [2.05, 4.69) is 0 Å². The second kappa shape index (κ2) is 7.19. The van der Waals surface area contributed by atoms with Gasteiger partial charge in [0.2, 0.25) is 0 Å². The molecule has 3 fully saturated rings. The number of nitrogens with zero attached hydrogens (tertiary/aromatic N) is 2. The third-order valence-corrected chi connectivity index (χ3v) is 8.59. The molecule has 24 heavy (non-hydrogen) atoms. The Morgan fingerprint density at radius 2 is 1.83 bits per heavy atom. The Morgan fingerprint density at radius 1 is 1.21 bits per heavy atom. The van der Waals surface area contributed by atoms with Crippen molar-refractivity contribution in [3.05, 3.63) is 0 Å². The summed E-state index contributed by atoms with van der Waals surface area (Å²) in [6.45, 7) is 3.59. The first-order valence-electron chi connectivity index (χ1n) is 9.44. The average Bonchev–Trinajstić information content (AvgIpc) is 2.61. The van der Waals surface area contributed by atoms with E-state index in [-0.39, 0.29) is 23.7 Å². The summed E-state index contributed by atoms with van der Waals surface area (Å²) in [6, 6.07) is 0.144. The third-order valence-electron chi connectivity index (χ3n) is 6.54. The topological polar surface area (TPSA) is 70.1 Å². The third kappa shape index (κ3) is 3.14. The Labute approximate surface area is 146 Å². The van der Waals surface area contributed by atoms with Gasteiger partial charge in [-0.3, -0.25) is 0 Å². The molecule has 1 spiro atoms. The minimum atomic E-state index is -3.40. The monoisotopic (exact) mass is 360 g/mol. The molecule has 2 atom stereocenters. The first-order chi connectivity index (χ1) is 11.4. The number of aliphatic hydroxyl groups is 1. The van der Waals surface area contributed by atoms with Crippen molar-refractivity contribution in [3.8, 4) is 0 Å². The molecule has 0 bridgehead atoms. The molecule has 0 aromatic rings. The van der Waals surface area contributed by atoms with Crippen LogP contribution in [0.25, 0.3) is 0 Å². The molecular formula is C17H32N2O4S. The highest BCUT2D eigenvalue weighted by Gasteiger charge is 2.57. The lowest BCUT2D eigenvalue weighted by atomic mass is 9.58. The van der Waals surface area contributed by atoms with Crippen LogP contribution in [-0.4, -0.2) is 67.1 Å². The van der Waals surface area contributed by atoms with Crippen LogP contribution in [0.5, 0.6) is 0 Å². The summed E-state index contributed by atoms with van der Waals surface area (Å²) in [5.41, 5.74) is -0.231. The quantitative estimate of drug-likeness (QED) is 0.811. The normalized spacial score (nSPS) is 32.2. The van der Waals surface area contributed by atoms with E-state index in [1.54, 1.807) is 15.7 Å². The van der Waals surface area contributed by atoms with Crippen molar-refractivity contribution in [3.63, 3.8) is 0 Å². The van der Waals surface area contributed by atoms with Crippen LogP contribution in [0, 0.1) is 5.41 Å². The maximum Gasteiger partial charge on any atom is 0.281 e. The summed E-state index contributed by atoms with van der Waals surface area (Å²) >= 11 is 0. The van der Waals surface area contributed by atoms with Gasteiger partial charge in [0, 0.05) is 44.6 Å². The van der Waals surface area contributed by atoms with Crippen molar-refractivity contribution in [2.24, 2.45) is 5.41 Å². The molecule has 2 aliphatic carbocycles. The zero-order valence-electron chi connectivity index (χ0n) is 15.0. The minimum absolute atomic E-state index is 0.0819. The molecule has 6 nitrogen and oxygen atoms in total. The second-order valence-electron chi connectivity index (χ2n) is 7.64. The van der Waals surface area contributed by atoms with Crippen LogP contribution in [-0.2, 0) is 14.9 Å². The SMILES string of the molecule is CCO[C@@H]1C[C@H](O)C12CCN(S(=O)(=O)N(C)C1CCCCC1)CC2. The molecule has 7 heteroatoms. The fourth-order valence-electron chi connectivity index (χ4n) is 4.77. The van der Waals surface area contributed by atoms with Crippen LogP contribution < -0.4 is 0 Å².